The minimum atomic E-state index is -0.0935. The van der Waals surface area contributed by atoms with E-state index < -0.39 is 0 Å². The topological polar surface area (TPSA) is 72.8 Å². The summed E-state index contributed by atoms with van der Waals surface area (Å²) in [5, 5.41) is 15.6. The first-order chi connectivity index (χ1) is 13.9. The van der Waals surface area contributed by atoms with Crippen molar-refractivity contribution in [2.24, 2.45) is 15.6 Å². The maximum Gasteiger partial charge on any atom is 0.186 e. The molecule has 0 aliphatic heterocycles. The van der Waals surface area contributed by atoms with E-state index in [9.17, 15) is 0 Å². The number of hydrazone groups is 2. The zero-order valence-electron chi connectivity index (χ0n) is 16.6. The Bertz CT molecular complexity index is 765. The summed E-state index contributed by atoms with van der Waals surface area (Å²) in [5.41, 5.74) is 7.56. The van der Waals surface area contributed by atoms with E-state index in [4.69, 9.17) is 24.4 Å². The SMILES string of the molecule is CC(C)(CNC(=S)N/N=C/c1ccccc1)CNC(=S)N/N=C/c1ccccc1. The van der Waals surface area contributed by atoms with Gasteiger partial charge in [0.25, 0.3) is 0 Å². The van der Waals surface area contributed by atoms with Gasteiger partial charge >= 0.3 is 0 Å². The van der Waals surface area contributed by atoms with Gasteiger partial charge in [0.1, 0.15) is 0 Å². The number of hydrogen-bond acceptors (Lipinski definition) is 4. The highest BCUT2D eigenvalue weighted by Gasteiger charge is 2.18. The van der Waals surface area contributed by atoms with Gasteiger partial charge in [-0.25, -0.2) is 0 Å². The predicted molar refractivity (Wildman–Crippen MR) is 129 cm³/mol. The van der Waals surface area contributed by atoms with Crippen LogP contribution in [0.3, 0.4) is 0 Å². The molecule has 29 heavy (non-hydrogen) atoms. The Morgan fingerprint density at radius 3 is 1.52 bits per heavy atom. The molecule has 0 bridgehead atoms. The van der Waals surface area contributed by atoms with Crippen molar-refractivity contribution < 1.29 is 0 Å². The quantitative estimate of drug-likeness (QED) is 0.295. The molecular formula is C21H26N6S2. The third kappa shape index (κ3) is 9.77. The molecule has 0 amide bonds. The van der Waals surface area contributed by atoms with Crippen LogP contribution in [-0.2, 0) is 0 Å². The van der Waals surface area contributed by atoms with Crippen LogP contribution in [0, 0.1) is 5.41 Å². The molecule has 2 aromatic rings. The maximum absolute atomic E-state index is 5.26. The third-order valence-corrected chi connectivity index (χ3v) is 4.28. The van der Waals surface area contributed by atoms with Gasteiger partial charge in [-0.3, -0.25) is 10.9 Å². The molecular weight excluding hydrogens is 400 g/mol. The van der Waals surface area contributed by atoms with Crippen LogP contribution in [-0.4, -0.2) is 35.7 Å². The average molecular weight is 427 g/mol. The summed E-state index contributed by atoms with van der Waals surface area (Å²) in [6.45, 7) is 5.53. The van der Waals surface area contributed by atoms with Crippen LogP contribution in [0.2, 0.25) is 0 Å². The van der Waals surface area contributed by atoms with Gasteiger partial charge in [0.2, 0.25) is 0 Å². The zero-order chi connectivity index (χ0) is 21.0. The highest BCUT2D eigenvalue weighted by Crippen LogP contribution is 2.11. The molecule has 0 aromatic heterocycles. The van der Waals surface area contributed by atoms with E-state index in [2.05, 4.69) is 45.5 Å². The van der Waals surface area contributed by atoms with E-state index in [1.54, 1.807) is 12.4 Å². The van der Waals surface area contributed by atoms with Crippen LogP contribution in [0.4, 0.5) is 0 Å². The van der Waals surface area contributed by atoms with Gasteiger partial charge in [0.15, 0.2) is 10.2 Å². The standard InChI is InChI=1S/C21H26N6S2/c1-21(2,15-22-19(28)26-24-13-17-9-5-3-6-10-17)16-23-20(29)27-25-14-18-11-7-4-8-12-18/h3-14H,15-16H2,1-2H3,(H2,22,26,28)(H2,23,27,29)/b24-13+,25-14+. The minimum absolute atomic E-state index is 0.0935. The summed E-state index contributed by atoms with van der Waals surface area (Å²) >= 11 is 10.5. The first-order valence-corrected chi connectivity index (χ1v) is 10.0. The first kappa shape index (κ1) is 22.4. The van der Waals surface area contributed by atoms with Gasteiger partial charge < -0.3 is 10.6 Å². The Morgan fingerprint density at radius 1 is 0.759 bits per heavy atom. The largest absolute Gasteiger partial charge is 0.361 e. The Morgan fingerprint density at radius 2 is 1.14 bits per heavy atom. The van der Waals surface area contributed by atoms with Crippen molar-refractivity contribution in [1.82, 2.24) is 21.5 Å². The molecule has 0 atom stereocenters. The molecule has 8 heteroatoms. The van der Waals surface area contributed by atoms with Crippen LogP contribution in [0.15, 0.2) is 70.9 Å². The molecule has 0 aliphatic rings. The zero-order valence-corrected chi connectivity index (χ0v) is 18.2. The Kier molecular flexibility index (Phi) is 9.20. The van der Waals surface area contributed by atoms with Crippen LogP contribution >= 0.6 is 24.4 Å². The second-order valence-electron chi connectivity index (χ2n) is 7.09. The summed E-state index contributed by atoms with van der Waals surface area (Å²) in [7, 11) is 0. The Hall–Kier alpha value is -2.84. The van der Waals surface area contributed by atoms with E-state index in [0.717, 1.165) is 11.1 Å². The lowest BCUT2D eigenvalue weighted by Gasteiger charge is -2.26. The van der Waals surface area contributed by atoms with Gasteiger partial charge in [-0.15, -0.1) is 0 Å². The molecule has 0 saturated carbocycles. The number of benzene rings is 2. The highest BCUT2D eigenvalue weighted by atomic mass is 32.1. The summed E-state index contributed by atoms with van der Waals surface area (Å²) in [5.74, 6) is 0. The molecule has 4 N–H and O–H groups in total. The first-order valence-electron chi connectivity index (χ1n) is 9.18. The monoisotopic (exact) mass is 426 g/mol. The molecule has 2 rings (SSSR count). The van der Waals surface area contributed by atoms with E-state index in [1.165, 1.54) is 0 Å². The molecule has 0 saturated heterocycles. The predicted octanol–water partition coefficient (Wildman–Crippen LogP) is 3.01. The smallest absolute Gasteiger partial charge is 0.186 e. The minimum Gasteiger partial charge on any atom is -0.361 e. The lowest BCUT2D eigenvalue weighted by molar-refractivity contribution is 0.359. The van der Waals surface area contributed by atoms with Crippen LogP contribution in [0.1, 0.15) is 25.0 Å². The Labute approximate surface area is 182 Å². The summed E-state index contributed by atoms with van der Waals surface area (Å²) < 4.78 is 0. The summed E-state index contributed by atoms with van der Waals surface area (Å²) in [6, 6.07) is 19.6. The van der Waals surface area contributed by atoms with Gasteiger partial charge in [0.05, 0.1) is 12.4 Å². The van der Waals surface area contributed by atoms with Crippen molar-refractivity contribution in [2.75, 3.05) is 13.1 Å². The lowest BCUT2D eigenvalue weighted by atomic mass is 9.93. The molecule has 0 unspecified atom stereocenters. The molecule has 0 spiro atoms. The normalized spacial score (nSPS) is 11.4. The van der Waals surface area contributed by atoms with Crippen molar-refractivity contribution in [3.05, 3.63) is 71.8 Å². The fourth-order valence-electron chi connectivity index (χ4n) is 2.19. The number of rotatable bonds is 8. The van der Waals surface area contributed by atoms with Crippen LogP contribution in [0.5, 0.6) is 0 Å². The van der Waals surface area contributed by atoms with Crippen molar-refractivity contribution in [2.45, 2.75) is 13.8 Å². The molecule has 0 radical (unpaired) electrons. The molecule has 0 fully saturated rings. The molecule has 6 nitrogen and oxygen atoms in total. The molecule has 0 aliphatic carbocycles. The number of thiocarbonyl (C=S) groups is 2. The van der Waals surface area contributed by atoms with Crippen molar-refractivity contribution in [3.8, 4) is 0 Å². The molecule has 2 aromatic carbocycles. The highest BCUT2D eigenvalue weighted by molar-refractivity contribution is 7.80. The van der Waals surface area contributed by atoms with Gasteiger partial charge in [-0.2, -0.15) is 10.2 Å². The van der Waals surface area contributed by atoms with E-state index >= 15 is 0 Å². The second kappa shape index (κ2) is 11.9. The summed E-state index contributed by atoms with van der Waals surface area (Å²) in [4.78, 5) is 0. The fraction of sp³-hybridized carbons (Fsp3) is 0.238. The lowest BCUT2D eigenvalue weighted by Crippen LogP contribution is -2.45. The summed E-state index contributed by atoms with van der Waals surface area (Å²) in [6.07, 6.45) is 3.45. The van der Waals surface area contributed by atoms with Gasteiger partial charge in [0, 0.05) is 13.1 Å². The third-order valence-electron chi connectivity index (χ3n) is 3.81. The van der Waals surface area contributed by atoms with Crippen molar-refractivity contribution >= 4 is 47.1 Å². The molecule has 152 valence electrons. The van der Waals surface area contributed by atoms with Crippen LogP contribution < -0.4 is 21.5 Å². The number of nitrogens with zero attached hydrogens (tertiary/aromatic N) is 2. The van der Waals surface area contributed by atoms with E-state index in [-0.39, 0.29) is 5.41 Å². The maximum atomic E-state index is 5.26. The number of hydrogen-bond donors (Lipinski definition) is 4. The second-order valence-corrected chi connectivity index (χ2v) is 7.91. The Balaban J connectivity index is 1.65. The van der Waals surface area contributed by atoms with Gasteiger partial charge in [-0.05, 0) is 41.0 Å². The fourth-order valence-corrected chi connectivity index (χ4v) is 2.44. The average Bonchev–Trinajstić information content (AvgIpc) is 2.73. The van der Waals surface area contributed by atoms with Crippen LogP contribution in [0.25, 0.3) is 0 Å². The van der Waals surface area contributed by atoms with Crippen molar-refractivity contribution in [1.29, 1.82) is 0 Å². The van der Waals surface area contributed by atoms with Gasteiger partial charge in [-0.1, -0.05) is 74.5 Å². The number of nitrogens with one attached hydrogen (secondary N) is 4. The van der Waals surface area contributed by atoms with Crippen molar-refractivity contribution in [3.63, 3.8) is 0 Å². The van der Waals surface area contributed by atoms with E-state index in [0.29, 0.717) is 23.3 Å². The van der Waals surface area contributed by atoms with E-state index in [1.807, 2.05) is 60.7 Å². The molecule has 0 heterocycles.